The van der Waals surface area contributed by atoms with Crippen molar-refractivity contribution in [3.05, 3.63) is 59.9 Å². The van der Waals surface area contributed by atoms with Crippen LogP contribution in [0.4, 0.5) is 0 Å². The summed E-state index contributed by atoms with van der Waals surface area (Å²) in [5.41, 5.74) is 4.46. The molecule has 3 rings (SSSR count). The highest BCUT2D eigenvalue weighted by Gasteiger charge is 2.06. The van der Waals surface area contributed by atoms with E-state index in [1.165, 1.54) is 11.1 Å². The number of fused-ring (bicyclic) bond motifs is 1. The number of nitrogens with zero attached hydrogens (tertiary/aromatic N) is 3. The predicted molar refractivity (Wildman–Crippen MR) is 126 cm³/mol. The van der Waals surface area contributed by atoms with E-state index in [1.54, 1.807) is 7.05 Å². The SMILES string of the molecule is CCOCCOc1cc(C)ccc1CNC(=NC)NCCCn1cnc2ccccc21. The van der Waals surface area contributed by atoms with Crippen LogP contribution < -0.4 is 15.4 Å². The molecule has 0 saturated carbocycles. The number of nitrogens with one attached hydrogen (secondary N) is 2. The number of para-hydroxylation sites is 2. The van der Waals surface area contributed by atoms with Gasteiger partial charge in [0.1, 0.15) is 12.4 Å². The van der Waals surface area contributed by atoms with Gasteiger partial charge in [-0.25, -0.2) is 4.98 Å². The summed E-state index contributed by atoms with van der Waals surface area (Å²) in [5, 5.41) is 6.76. The lowest BCUT2D eigenvalue weighted by molar-refractivity contribution is 0.110. The lowest BCUT2D eigenvalue weighted by atomic mass is 10.1. The Kier molecular flexibility index (Phi) is 8.72. The van der Waals surface area contributed by atoms with Gasteiger partial charge in [0, 0.05) is 38.9 Å². The zero-order valence-electron chi connectivity index (χ0n) is 18.7. The predicted octanol–water partition coefficient (Wildman–Crippen LogP) is 3.52. The van der Waals surface area contributed by atoms with Gasteiger partial charge in [-0.3, -0.25) is 4.99 Å². The van der Waals surface area contributed by atoms with Crippen LogP contribution in [0.1, 0.15) is 24.5 Å². The van der Waals surface area contributed by atoms with Crippen molar-refractivity contribution in [2.45, 2.75) is 33.4 Å². The van der Waals surface area contributed by atoms with Crippen molar-refractivity contribution >= 4 is 17.0 Å². The van der Waals surface area contributed by atoms with E-state index in [0.717, 1.165) is 42.3 Å². The third kappa shape index (κ3) is 6.72. The molecule has 0 bridgehead atoms. The average molecular weight is 424 g/mol. The van der Waals surface area contributed by atoms with Crippen LogP contribution >= 0.6 is 0 Å². The van der Waals surface area contributed by atoms with Gasteiger partial charge >= 0.3 is 0 Å². The van der Waals surface area contributed by atoms with Gasteiger partial charge in [0.05, 0.1) is 24.0 Å². The molecule has 0 radical (unpaired) electrons. The highest BCUT2D eigenvalue weighted by atomic mass is 16.5. The fourth-order valence-electron chi connectivity index (χ4n) is 3.34. The Balaban J connectivity index is 1.46. The Labute approximate surface area is 184 Å². The van der Waals surface area contributed by atoms with Gasteiger partial charge in [-0.05, 0) is 44.0 Å². The van der Waals surface area contributed by atoms with Crippen molar-refractivity contribution in [1.82, 2.24) is 20.2 Å². The lowest BCUT2D eigenvalue weighted by Crippen LogP contribution is -2.37. The van der Waals surface area contributed by atoms with Gasteiger partial charge in [-0.2, -0.15) is 0 Å². The summed E-state index contributed by atoms with van der Waals surface area (Å²) in [6.07, 6.45) is 2.87. The second kappa shape index (κ2) is 12.0. The normalized spacial score (nSPS) is 11.6. The van der Waals surface area contributed by atoms with Crippen molar-refractivity contribution in [2.24, 2.45) is 4.99 Å². The molecule has 166 valence electrons. The minimum absolute atomic E-state index is 0.542. The summed E-state index contributed by atoms with van der Waals surface area (Å²) in [6, 6.07) is 14.5. The molecule has 3 aromatic rings. The van der Waals surface area contributed by atoms with Gasteiger partial charge in [-0.15, -0.1) is 0 Å². The molecule has 0 aliphatic carbocycles. The van der Waals surface area contributed by atoms with E-state index >= 15 is 0 Å². The minimum Gasteiger partial charge on any atom is -0.491 e. The maximum atomic E-state index is 5.93. The molecule has 1 aromatic heterocycles. The van der Waals surface area contributed by atoms with Crippen LogP contribution in [0.25, 0.3) is 11.0 Å². The Morgan fingerprint density at radius 1 is 1.13 bits per heavy atom. The Morgan fingerprint density at radius 2 is 2.00 bits per heavy atom. The topological polar surface area (TPSA) is 72.7 Å². The minimum atomic E-state index is 0.542. The standard InChI is InChI=1S/C24H33N5O2/c1-4-30-14-15-31-23-16-19(2)10-11-20(23)17-27-24(25-3)26-12-7-13-29-18-28-21-8-5-6-9-22(21)29/h5-6,8-11,16,18H,4,7,12-15,17H2,1-3H3,(H2,25,26,27). The average Bonchev–Trinajstić information content (AvgIpc) is 3.20. The lowest BCUT2D eigenvalue weighted by Gasteiger charge is -2.15. The number of guanidine groups is 1. The van der Waals surface area contributed by atoms with Gasteiger partial charge in [0.25, 0.3) is 0 Å². The number of aliphatic imine (C=N–C) groups is 1. The molecule has 2 N–H and O–H groups in total. The van der Waals surface area contributed by atoms with E-state index in [9.17, 15) is 0 Å². The number of imidazole rings is 1. The van der Waals surface area contributed by atoms with Crippen LogP contribution in [0, 0.1) is 6.92 Å². The third-order valence-electron chi connectivity index (χ3n) is 4.98. The van der Waals surface area contributed by atoms with Crippen LogP contribution in [0.3, 0.4) is 0 Å². The van der Waals surface area contributed by atoms with Crippen molar-refractivity contribution in [3.8, 4) is 5.75 Å². The van der Waals surface area contributed by atoms with E-state index in [1.807, 2.05) is 31.5 Å². The zero-order chi connectivity index (χ0) is 21.9. The first-order chi connectivity index (χ1) is 15.2. The molecule has 0 aliphatic heterocycles. The summed E-state index contributed by atoms with van der Waals surface area (Å²) in [6.45, 7) is 8.24. The summed E-state index contributed by atoms with van der Waals surface area (Å²) >= 11 is 0. The van der Waals surface area contributed by atoms with Crippen LogP contribution in [0.15, 0.2) is 53.8 Å². The van der Waals surface area contributed by atoms with Crippen LogP contribution in [0.5, 0.6) is 5.75 Å². The molecule has 0 amide bonds. The number of ether oxygens (including phenoxy) is 2. The number of hydrogen-bond donors (Lipinski definition) is 2. The smallest absolute Gasteiger partial charge is 0.191 e. The molecular weight excluding hydrogens is 390 g/mol. The summed E-state index contributed by atoms with van der Waals surface area (Å²) < 4.78 is 13.5. The molecule has 7 heteroatoms. The number of aryl methyl sites for hydroxylation is 2. The molecular formula is C24H33N5O2. The van der Waals surface area contributed by atoms with E-state index < -0.39 is 0 Å². The first-order valence-electron chi connectivity index (χ1n) is 10.9. The molecule has 0 aliphatic rings. The molecule has 7 nitrogen and oxygen atoms in total. The first-order valence-corrected chi connectivity index (χ1v) is 10.9. The van der Waals surface area contributed by atoms with Crippen molar-refractivity contribution in [3.63, 3.8) is 0 Å². The molecule has 0 spiro atoms. The fraction of sp³-hybridized carbons (Fsp3) is 0.417. The number of hydrogen-bond acceptors (Lipinski definition) is 4. The van der Waals surface area contributed by atoms with Crippen LogP contribution in [0.2, 0.25) is 0 Å². The number of aromatic nitrogens is 2. The summed E-state index contributed by atoms with van der Waals surface area (Å²) in [7, 11) is 1.79. The Morgan fingerprint density at radius 3 is 2.84 bits per heavy atom. The van der Waals surface area contributed by atoms with Crippen molar-refractivity contribution < 1.29 is 9.47 Å². The number of rotatable bonds is 11. The molecule has 0 saturated heterocycles. The Hall–Kier alpha value is -3.06. The van der Waals surface area contributed by atoms with Gasteiger partial charge in [0.15, 0.2) is 5.96 Å². The number of benzene rings is 2. The largest absolute Gasteiger partial charge is 0.491 e. The summed E-state index contributed by atoms with van der Waals surface area (Å²) in [4.78, 5) is 8.78. The van der Waals surface area contributed by atoms with Gasteiger partial charge in [0.2, 0.25) is 0 Å². The monoisotopic (exact) mass is 423 g/mol. The van der Waals surface area contributed by atoms with Crippen LogP contribution in [-0.2, 0) is 17.8 Å². The highest BCUT2D eigenvalue weighted by Crippen LogP contribution is 2.20. The van der Waals surface area contributed by atoms with Crippen molar-refractivity contribution in [2.75, 3.05) is 33.4 Å². The van der Waals surface area contributed by atoms with E-state index in [4.69, 9.17) is 9.47 Å². The first kappa shape index (κ1) is 22.6. The Bertz CT molecular complexity index is 983. The highest BCUT2D eigenvalue weighted by molar-refractivity contribution is 5.79. The van der Waals surface area contributed by atoms with Crippen molar-refractivity contribution in [1.29, 1.82) is 0 Å². The van der Waals surface area contributed by atoms with Crippen LogP contribution in [-0.4, -0.2) is 48.9 Å². The molecule has 31 heavy (non-hydrogen) atoms. The van der Waals surface area contributed by atoms with E-state index in [-0.39, 0.29) is 0 Å². The third-order valence-corrected chi connectivity index (χ3v) is 4.98. The molecule has 0 unspecified atom stereocenters. The van der Waals surface area contributed by atoms with E-state index in [2.05, 4.69) is 56.4 Å². The maximum absolute atomic E-state index is 5.93. The quantitative estimate of drug-likeness (QED) is 0.280. The molecule has 0 fully saturated rings. The second-order valence-corrected chi connectivity index (χ2v) is 7.29. The van der Waals surface area contributed by atoms with Gasteiger partial charge in [-0.1, -0.05) is 24.3 Å². The molecule has 2 aromatic carbocycles. The zero-order valence-corrected chi connectivity index (χ0v) is 18.7. The fourth-order valence-corrected chi connectivity index (χ4v) is 3.34. The van der Waals surface area contributed by atoms with Gasteiger partial charge < -0.3 is 24.7 Å². The molecule has 1 heterocycles. The second-order valence-electron chi connectivity index (χ2n) is 7.29. The molecule has 0 atom stereocenters. The van der Waals surface area contributed by atoms with E-state index in [0.29, 0.717) is 26.4 Å². The summed E-state index contributed by atoms with van der Waals surface area (Å²) in [5.74, 6) is 1.66. The maximum Gasteiger partial charge on any atom is 0.191 e.